The van der Waals surface area contributed by atoms with Gasteiger partial charge in [0.05, 0.1) is 6.04 Å². The second-order valence-electron chi connectivity index (χ2n) is 7.75. The standard InChI is InChI=1S/C21H26FN5O2/c1-15(28)25-12-10-19-23-24-21(27(19)14-13-25)18-3-2-11-26(18)20(29)9-6-16-4-7-17(22)8-5-16/h4-5,7-8,18H,2-3,6,9-14H2,1H3/t18-/m0/s1. The Bertz CT molecular complexity index is 895. The van der Waals surface area contributed by atoms with E-state index in [1.54, 1.807) is 19.1 Å². The van der Waals surface area contributed by atoms with Crippen LogP contribution in [0.3, 0.4) is 0 Å². The predicted molar refractivity (Wildman–Crippen MR) is 104 cm³/mol. The third-order valence-electron chi connectivity index (χ3n) is 5.91. The number of carbonyl (C=O) groups is 2. The molecule has 0 bridgehead atoms. The van der Waals surface area contributed by atoms with Gasteiger partial charge >= 0.3 is 0 Å². The van der Waals surface area contributed by atoms with Gasteiger partial charge in [-0.1, -0.05) is 12.1 Å². The zero-order chi connectivity index (χ0) is 20.4. The zero-order valence-corrected chi connectivity index (χ0v) is 16.7. The highest BCUT2D eigenvalue weighted by molar-refractivity contribution is 5.77. The molecule has 1 saturated heterocycles. The molecular weight excluding hydrogens is 373 g/mol. The lowest BCUT2D eigenvalue weighted by Gasteiger charge is -2.25. The molecule has 4 rings (SSSR count). The summed E-state index contributed by atoms with van der Waals surface area (Å²) < 4.78 is 15.2. The first-order chi connectivity index (χ1) is 14.0. The molecule has 1 aromatic heterocycles. The highest BCUT2D eigenvalue weighted by atomic mass is 19.1. The molecule has 0 aliphatic carbocycles. The van der Waals surface area contributed by atoms with Crippen LogP contribution in [-0.4, -0.2) is 56.0 Å². The molecule has 0 spiro atoms. The topological polar surface area (TPSA) is 71.3 Å². The minimum Gasteiger partial charge on any atom is -0.341 e. The van der Waals surface area contributed by atoms with E-state index >= 15 is 0 Å². The van der Waals surface area contributed by atoms with Gasteiger partial charge in [-0.05, 0) is 37.0 Å². The maximum absolute atomic E-state index is 13.1. The van der Waals surface area contributed by atoms with Crippen LogP contribution in [0.25, 0.3) is 0 Å². The lowest BCUT2D eigenvalue weighted by molar-refractivity contribution is -0.132. The summed E-state index contributed by atoms with van der Waals surface area (Å²) >= 11 is 0. The maximum atomic E-state index is 13.1. The Morgan fingerprint density at radius 3 is 2.66 bits per heavy atom. The Labute approximate surface area is 169 Å². The van der Waals surface area contributed by atoms with E-state index in [0.29, 0.717) is 45.4 Å². The fraction of sp³-hybridized carbons (Fsp3) is 0.524. The van der Waals surface area contributed by atoms with E-state index < -0.39 is 0 Å². The van der Waals surface area contributed by atoms with Gasteiger partial charge in [0.1, 0.15) is 11.6 Å². The van der Waals surface area contributed by atoms with Gasteiger partial charge in [-0.25, -0.2) is 4.39 Å². The first-order valence-electron chi connectivity index (χ1n) is 10.2. The van der Waals surface area contributed by atoms with Crippen molar-refractivity contribution < 1.29 is 14.0 Å². The Kier molecular flexibility index (Phi) is 5.60. The Hall–Kier alpha value is -2.77. The molecule has 8 heteroatoms. The molecule has 2 aliphatic heterocycles. The summed E-state index contributed by atoms with van der Waals surface area (Å²) in [5.41, 5.74) is 0.955. The van der Waals surface area contributed by atoms with Crippen LogP contribution >= 0.6 is 0 Å². The molecule has 2 aliphatic rings. The number of carbonyl (C=O) groups excluding carboxylic acids is 2. The Balaban J connectivity index is 1.45. The third kappa shape index (κ3) is 4.16. The molecule has 0 radical (unpaired) electrons. The molecule has 7 nitrogen and oxygen atoms in total. The molecule has 1 atom stereocenters. The SMILES string of the molecule is CC(=O)N1CCc2nnc([C@@H]3CCCN3C(=O)CCc3ccc(F)cc3)n2CC1. The number of halogens is 1. The minimum atomic E-state index is -0.268. The van der Waals surface area contributed by atoms with Crippen LogP contribution in [0.15, 0.2) is 24.3 Å². The summed E-state index contributed by atoms with van der Waals surface area (Å²) in [5.74, 6) is 1.61. The van der Waals surface area contributed by atoms with E-state index in [1.165, 1.54) is 12.1 Å². The first kappa shape index (κ1) is 19.5. The van der Waals surface area contributed by atoms with E-state index in [1.807, 2.05) is 9.80 Å². The largest absolute Gasteiger partial charge is 0.341 e. The monoisotopic (exact) mass is 399 g/mol. The van der Waals surface area contributed by atoms with Crippen LogP contribution < -0.4 is 0 Å². The average Bonchev–Trinajstić information content (AvgIpc) is 3.28. The average molecular weight is 399 g/mol. The normalized spacial score (nSPS) is 19.2. The summed E-state index contributed by atoms with van der Waals surface area (Å²) in [5, 5.41) is 8.78. The summed E-state index contributed by atoms with van der Waals surface area (Å²) in [6.07, 6.45) is 3.47. The first-order valence-corrected chi connectivity index (χ1v) is 10.2. The molecule has 0 saturated carbocycles. The number of hydrogen-bond donors (Lipinski definition) is 0. The van der Waals surface area contributed by atoms with Crippen molar-refractivity contribution in [1.29, 1.82) is 0 Å². The molecule has 154 valence electrons. The van der Waals surface area contributed by atoms with Crippen LogP contribution in [0.2, 0.25) is 0 Å². The molecular formula is C21H26FN5O2. The van der Waals surface area contributed by atoms with Crippen molar-refractivity contribution in [2.75, 3.05) is 19.6 Å². The molecule has 3 heterocycles. The number of likely N-dealkylation sites (tertiary alicyclic amines) is 1. The third-order valence-corrected chi connectivity index (χ3v) is 5.91. The predicted octanol–water partition coefficient (Wildman–Crippen LogP) is 2.12. The molecule has 29 heavy (non-hydrogen) atoms. The number of hydrogen-bond acceptors (Lipinski definition) is 4. The quantitative estimate of drug-likeness (QED) is 0.790. The number of benzene rings is 1. The number of amides is 2. The number of rotatable bonds is 4. The van der Waals surface area contributed by atoms with Gasteiger partial charge in [-0.2, -0.15) is 0 Å². The van der Waals surface area contributed by atoms with Crippen LogP contribution in [0.4, 0.5) is 4.39 Å². The second-order valence-corrected chi connectivity index (χ2v) is 7.75. The van der Waals surface area contributed by atoms with E-state index in [-0.39, 0.29) is 23.7 Å². The molecule has 1 aromatic carbocycles. The Morgan fingerprint density at radius 1 is 1.10 bits per heavy atom. The molecule has 0 N–H and O–H groups in total. The zero-order valence-electron chi connectivity index (χ0n) is 16.7. The second kappa shape index (κ2) is 8.31. The van der Waals surface area contributed by atoms with Crippen molar-refractivity contribution in [2.24, 2.45) is 0 Å². The summed E-state index contributed by atoms with van der Waals surface area (Å²) in [6.45, 7) is 4.25. The van der Waals surface area contributed by atoms with E-state index in [2.05, 4.69) is 14.8 Å². The van der Waals surface area contributed by atoms with Gasteiger partial charge in [0, 0.05) is 45.9 Å². The van der Waals surface area contributed by atoms with Crippen molar-refractivity contribution in [1.82, 2.24) is 24.6 Å². The number of aryl methyl sites for hydroxylation is 1. The smallest absolute Gasteiger partial charge is 0.223 e. The summed E-state index contributed by atoms with van der Waals surface area (Å²) in [6, 6.07) is 6.23. The molecule has 2 aromatic rings. The highest BCUT2D eigenvalue weighted by Crippen LogP contribution is 2.32. The molecule has 2 amide bonds. The number of nitrogens with zero attached hydrogens (tertiary/aromatic N) is 5. The maximum Gasteiger partial charge on any atom is 0.223 e. The number of fused-ring (bicyclic) bond motifs is 1. The van der Waals surface area contributed by atoms with Gasteiger partial charge < -0.3 is 14.4 Å². The van der Waals surface area contributed by atoms with Crippen LogP contribution in [-0.2, 0) is 29.0 Å². The van der Waals surface area contributed by atoms with E-state index in [4.69, 9.17) is 0 Å². The lowest BCUT2D eigenvalue weighted by atomic mass is 10.1. The van der Waals surface area contributed by atoms with Crippen molar-refractivity contribution in [3.05, 3.63) is 47.3 Å². The van der Waals surface area contributed by atoms with Crippen molar-refractivity contribution in [3.8, 4) is 0 Å². The van der Waals surface area contributed by atoms with Crippen LogP contribution in [0, 0.1) is 5.82 Å². The number of aromatic nitrogens is 3. The summed E-state index contributed by atoms with van der Waals surface area (Å²) in [7, 11) is 0. The van der Waals surface area contributed by atoms with E-state index in [0.717, 1.165) is 30.1 Å². The van der Waals surface area contributed by atoms with Gasteiger partial charge in [0.2, 0.25) is 11.8 Å². The van der Waals surface area contributed by atoms with E-state index in [9.17, 15) is 14.0 Å². The van der Waals surface area contributed by atoms with Gasteiger partial charge in [0.25, 0.3) is 0 Å². The fourth-order valence-electron chi connectivity index (χ4n) is 4.29. The summed E-state index contributed by atoms with van der Waals surface area (Å²) in [4.78, 5) is 28.4. The fourth-order valence-corrected chi connectivity index (χ4v) is 4.29. The molecule has 1 fully saturated rings. The van der Waals surface area contributed by atoms with Gasteiger partial charge in [0.15, 0.2) is 5.82 Å². The molecule has 0 unspecified atom stereocenters. The lowest BCUT2D eigenvalue weighted by Crippen LogP contribution is -2.33. The minimum absolute atomic E-state index is 0.0687. The van der Waals surface area contributed by atoms with Crippen LogP contribution in [0.1, 0.15) is 49.4 Å². The van der Waals surface area contributed by atoms with Crippen molar-refractivity contribution >= 4 is 11.8 Å². The van der Waals surface area contributed by atoms with Crippen molar-refractivity contribution in [3.63, 3.8) is 0 Å². The van der Waals surface area contributed by atoms with Crippen molar-refractivity contribution in [2.45, 2.75) is 51.6 Å². The van der Waals surface area contributed by atoms with Gasteiger partial charge in [-0.3, -0.25) is 9.59 Å². The highest BCUT2D eigenvalue weighted by Gasteiger charge is 2.34. The Morgan fingerprint density at radius 2 is 1.90 bits per heavy atom. The van der Waals surface area contributed by atoms with Gasteiger partial charge in [-0.15, -0.1) is 10.2 Å². The van der Waals surface area contributed by atoms with Crippen LogP contribution in [0.5, 0.6) is 0 Å².